The number of nitrogens with zero attached hydrogens (tertiary/aromatic N) is 1. The van der Waals surface area contributed by atoms with E-state index in [0.29, 0.717) is 18.4 Å². The number of hydrogen-bond acceptors (Lipinski definition) is 3. The highest BCUT2D eigenvalue weighted by Crippen LogP contribution is 2.31. The third-order valence-corrected chi connectivity index (χ3v) is 4.56. The molecule has 0 bridgehead atoms. The van der Waals surface area contributed by atoms with Gasteiger partial charge in [0.25, 0.3) is 0 Å². The molecule has 1 amide bonds. The fraction of sp³-hybridized carbons (Fsp3) is 0.316. The number of anilines is 1. The summed E-state index contributed by atoms with van der Waals surface area (Å²) in [5, 5.41) is 2.64. The molecule has 1 aliphatic heterocycles. The second-order valence-electron chi connectivity index (χ2n) is 6.24. The molecule has 0 unspecified atom stereocenters. The first-order chi connectivity index (χ1) is 11.7. The van der Waals surface area contributed by atoms with Crippen LogP contribution >= 0.6 is 12.4 Å². The van der Waals surface area contributed by atoms with Crippen molar-refractivity contribution in [3.8, 4) is 0 Å². The Morgan fingerprint density at radius 2 is 1.80 bits per heavy atom. The molecule has 0 radical (unpaired) electrons. The maximum atomic E-state index is 13.6. The smallest absolute Gasteiger partial charge is 0.238 e. The first kappa shape index (κ1) is 19.4. The van der Waals surface area contributed by atoms with Crippen LogP contribution in [0.4, 0.5) is 10.1 Å². The lowest BCUT2D eigenvalue weighted by Crippen LogP contribution is -2.32. The Morgan fingerprint density at radius 1 is 1.12 bits per heavy atom. The summed E-state index contributed by atoms with van der Waals surface area (Å²) in [7, 11) is 0. The molecule has 1 fully saturated rings. The summed E-state index contributed by atoms with van der Waals surface area (Å²) in [6.07, 6.45) is 0. The molecular formula is C19H23ClFN3O. The molecule has 25 heavy (non-hydrogen) atoms. The topological polar surface area (TPSA) is 58.4 Å². The number of carbonyl (C=O) groups is 1. The van der Waals surface area contributed by atoms with E-state index in [1.54, 1.807) is 18.2 Å². The minimum atomic E-state index is -0.422. The summed E-state index contributed by atoms with van der Waals surface area (Å²) >= 11 is 0. The number of nitrogens with one attached hydrogen (secondary N) is 1. The Bertz CT molecular complexity index is 698. The van der Waals surface area contributed by atoms with Crippen LogP contribution in [0.5, 0.6) is 0 Å². The lowest BCUT2D eigenvalue weighted by Gasteiger charge is -2.16. The molecule has 3 N–H and O–H groups in total. The highest BCUT2D eigenvalue weighted by atomic mass is 35.5. The molecule has 1 heterocycles. The Morgan fingerprint density at radius 3 is 2.48 bits per heavy atom. The predicted molar refractivity (Wildman–Crippen MR) is 100 cm³/mol. The van der Waals surface area contributed by atoms with Crippen LogP contribution in [0.15, 0.2) is 54.6 Å². The first-order valence-electron chi connectivity index (χ1n) is 8.19. The van der Waals surface area contributed by atoms with E-state index >= 15 is 0 Å². The molecule has 0 aliphatic carbocycles. The largest absolute Gasteiger partial charge is 0.330 e. The van der Waals surface area contributed by atoms with E-state index in [1.165, 1.54) is 11.6 Å². The van der Waals surface area contributed by atoms with E-state index in [9.17, 15) is 9.18 Å². The zero-order chi connectivity index (χ0) is 16.9. The van der Waals surface area contributed by atoms with E-state index in [0.717, 1.165) is 13.1 Å². The van der Waals surface area contributed by atoms with Crippen LogP contribution in [0.1, 0.15) is 11.5 Å². The Kier molecular flexibility index (Phi) is 6.93. The van der Waals surface area contributed by atoms with Gasteiger partial charge in [-0.2, -0.15) is 0 Å². The normalized spacial score (nSPS) is 20.1. The van der Waals surface area contributed by atoms with Crippen LogP contribution in [0.25, 0.3) is 0 Å². The van der Waals surface area contributed by atoms with Crippen molar-refractivity contribution in [3.63, 3.8) is 0 Å². The maximum Gasteiger partial charge on any atom is 0.238 e. The van der Waals surface area contributed by atoms with Crippen LogP contribution in [-0.4, -0.2) is 37.0 Å². The standard InChI is InChI=1S/C19H22FN3O.ClH/c20-17-8-4-5-9-18(17)22-19(24)13-23-11-15(10-21)16(12-23)14-6-2-1-3-7-14;/h1-9,15-16H,10-13,21H2,(H,22,24);1H/t15-,16+;/m1./s1. The van der Waals surface area contributed by atoms with Gasteiger partial charge in [-0.1, -0.05) is 42.5 Å². The van der Waals surface area contributed by atoms with Gasteiger partial charge in [0.05, 0.1) is 12.2 Å². The van der Waals surface area contributed by atoms with Crippen molar-refractivity contribution in [2.75, 3.05) is 31.5 Å². The zero-order valence-electron chi connectivity index (χ0n) is 13.9. The highest BCUT2D eigenvalue weighted by molar-refractivity contribution is 5.92. The van der Waals surface area contributed by atoms with Gasteiger partial charge in [-0.25, -0.2) is 4.39 Å². The molecule has 1 saturated heterocycles. The molecule has 3 rings (SSSR count). The van der Waals surface area contributed by atoms with Gasteiger partial charge in [0, 0.05) is 19.0 Å². The van der Waals surface area contributed by atoms with Crippen LogP contribution in [0, 0.1) is 11.7 Å². The maximum absolute atomic E-state index is 13.6. The number of carbonyl (C=O) groups excluding carboxylic acids is 1. The van der Waals surface area contributed by atoms with Crippen LogP contribution in [-0.2, 0) is 4.79 Å². The van der Waals surface area contributed by atoms with E-state index < -0.39 is 5.82 Å². The van der Waals surface area contributed by atoms with Crippen molar-refractivity contribution in [2.45, 2.75) is 5.92 Å². The molecule has 2 aromatic rings. The molecule has 134 valence electrons. The van der Waals surface area contributed by atoms with Gasteiger partial charge in [0.2, 0.25) is 5.91 Å². The number of nitrogens with two attached hydrogens (primary N) is 1. The number of hydrogen-bond donors (Lipinski definition) is 2. The van der Waals surface area contributed by atoms with Gasteiger partial charge >= 0.3 is 0 Å². The van der Waals surface area contributed by atoms with Gasteiger partial charge in [-0.15, -0.1) is 12.4 Å². The molecular weight excluding hydrogens is 341 g/mol. The number of halogens is 2. The number of amides is 1. The molecule has 2 aromatic carbocycles. The van der Waals surface area contributed by atoms with Crippen molar-refractivity contribution < 1.29 is 9.18 Å². The van der Waals surface area contributed by atoms with Crippen molar-refractivity contribution in [1.82, 2.24) is 4.90 Å². The summed E-state index contributed by atoms with van der Waals surface area (Å²) < 4.78 is 13.6. The molecule has 4 nitrogen and oxygen atoms in total. The van der Waals surface area contributed by atoms with E-state index in [1.807, 2.05) is 18.2 Å². The van der Waals surface area contributed by atoms with E-state index in [4.69, 9.17) is 5.73 Å². The Balaban J connectivity index is 0.00000225. The molecule has 0 spiro atoms. The van der Waals surface area contributed by atoms with Crippen molar-refractivity contribution in [3.05, 3.63) is 66.0 Å². The van der Waals surface area contributed by atoms with Crippen LogP contribution in [0.2, 0.25) is 0 Å². The van der Waals surface area contributed by atoms with Gasteiger partial charge in [-0.05, 0) is 30.2 Å². The second kappa shape index (κ2) is 8.94. The van der Waals surface area contributed by atoms with Gasteiger partial charge in [-0.3, -0.25) is 9.69 Å². The van der Waals surface area contributed by atoms with Gasteiger partial charge in [0.15, 0.2) is 0 Å². The lowest BCUT2D eigenvalue weighted by molar-refractivity contribution is -0.117. The number of benzene rings is 2. The quantitative estimate of drug-likeness (QED) is 0.858. The number of rotatable bonds is 5. The van der Waals surface area contributed by atoms with Gasteiger partial charge < -0.3 is 11.1 Å². The van der Waals surface area contributed by atoms with Crippen molar-refractivity contribution in [2.24, 2.45) is 11.7 Å². The van der Waals surface area contributed by atoms with E-state index in [-0.39, 0.29) is 30.5 Å². The molecule has 1 aliphatic rings. The van der Waals surface area contributed by atoms with Crippen LogP contribution in [0.3, 0.4) is 0 Å². The summed E-state index contributed by atoms with van der Waals surface area (Å²) in [6.45, 7) is 2.40. The third-order valence-electron chi connectivity index (χ3n) is 4.56. The average Bonchev–Trinajstić information content (AvgIpc) is 3.00. The van der Waals surface area contributed by atoms with Gasteiger partial charge in [0.1, 0.15) is 5.82 Å². The average molecular weight is 364 g/mol. The summed E-state index contributed by atoms with van der Waals surface area (Å²) in [5.74, 6) is 0.0324. The predicted octanol–water partition coefficient (Wildman–Crippen LogP) is 2.86. The molecule has 6 heteroatoms. The summed E-state index contributed by atoms with van der Waals surface area (Å²) in [6, 6.07) is 16.5. The minimum Gasteiger partial charge on any atom is -0.330 e. The van der Waals surface area contributed by atoms with E-state index in [2.05, 4.69) is 22.3 Å². The lowest BCUT2D eigenvalue weighted by atomic mass is 9.89. The molecule has 0 saturated carbocycles. The second-order valence-corrected chi connectivity index (χ2v) is 6.24. The fourth-order valence-corrected chi connectivity index (χ4v) is 3.36. The summed E-state index contributed by atoms with van der Waals surface area (Å²) in [5.41, 5.74) is 7.39. The highest BCUT2D eigenvalue weighted by Gasteiger charge is 2.33. The Hall–Kier alpha value is -1.95. The SMILES string of the molecule is Cl.NC[C@@H]1CN(CC(=O)Nc2ccccc2F)C[C@H]1c1ccccc1. The monoisotopic (exact) mass is 363 g/mol. The van der Waals surface area contributed by atoms with Crippen LogP contribution < -0.4 is 11.1 Å². The molecule has 2 atom stereocenters. The Labute approximate surface area is 153 Å². The van der Waals surface area contributed by atoms with Crippen molar-refractivity contribution in [1.29, 1.82) is 0 Å². The fourth-order valence-electron chi connectivity index (χ4n) is 3.36. The number of likely N-dealkylation sites (tertiary alicyclic amines) is 1. The minimum absolute atomic E-state index is 0. The number of para-hydroxylation sites is 1. The first-order valence-corrected chi connectivity index (χ1v) is 8.19. The zero-order valence-corrected chi connectivity index (χ0v) is 14.7. The molecule has 0 aromatic heterocycles. The summed E-state index contributed by atoms with van der Waals surface area (Å²) in [4.78, 5) is 14.3. The van der Waals surface area contributed by atoms with Crippen molar-refractivity contribution >= 4 is 24.0 Å². The third kappa shape index (κ3) is 4.78.